The fourth-order valence-corrected chi connectivity index (χ4v) is 2.19. The smallest absolute Gasteiger partial charge is 0.264 e. The van der Waals surface area contributed by atoms with E-state index >= 15 is 0 Å². The molecule has 6 heteroatoms. The molecule has 0 bridgehead atoms. The summed E-state index contributed by atoms with van der Waals surface area (Å²) in [7, 11) is 0.997. The number of halogens is 2. The molecule has 0 aliphatic carbocycles. The molecule has 2 aromatic rings. The van der Waals surface area contributed by atoms with Crippen LogP contribution in [0.25, 0.3) is 11.3 Å². The lowest BCUT2D eigenvalue weighted by atomic mass is 10.2. The lowest BCUT2D eigenvalue weighted by Gasteiger charge is -2.01. The monoisotopic (exact) mass is 260 g/mol. The van der Waals surface area contributed by atoms with E-state index < -0.39 is 19.8 Å². The largest absolute Gasteiger partial charge is 0.464 e. The maximum atomic E-state index is 13.4. The van der Waals surface area contributed by atoms with E-state index in [1.165, 1.54) is 12.3 Å². The number of rotatable bonds is 2. The average molecular weight is 261 g/mol. The highest BCUT2D eigenvalue weighted by atomic mass is 35.7. The van der Waals surface area contributed by atoms with Crippen LogP contribution < -0.4 is 0 Å². The summed E-state index contributed by atoms with van der Waals surface area (Å²) < 4.78 is 40.4. The molecule has 3 nitrogen and oxygen atoms in total. The van der Waals surface area contributed by atoms with Crippen molar-refractivity contribution in [2.75, 3.05) is 0 Å². The molecule has 16 heavy (non-hydrogen) atoms. The first-order chi connectivity index (χ1) is 7.48. The summed E-state index contributed by atoms with van der Waals surface area (Å²) in [6, 6.07) is 6.89. The Kier molecular flexibility index (Phi) is 2.73. The molecule has 0 fully saturated rings. The van der Waals surface area contributed by atoms with Crippen molar-refractivity contribution < 1.29 is 17.2 Å². The molecule has 1 aromatic carbocycles. The molecule has 84 valence electrons. The van der Waals surface area contributed by atoms with Gasteiger partial charge in [0.05, 0.1) is 6.26 Å². The first-order valence-electron chi connectivity index (χ1n) is 4.26. The minimum absolute atomic E-state index is 0.451. The van der Waals surface area contributed by atoms with Crippen molar-refractivity contribution in [3.8, 4) is 11.3 Å². The average Bonchev–Trinajstić information content (AvgIpc) is 2.68. The van der Waals surface area contributed by atoms with Gasteiger partial charge in [-0.1, -0.05) is 0 Å². The highest BCUT2D eigenvalue weighted by Gasteiger charge is 2.16. The van der Waals surface area contributed by atoms with Crippen molar-refractivity contribution >= 4 is 19.7 Å². The fourth-order valence-electron chi connectivity index (χ4n) is 1.29. The third-order valence-corrected chi connectivity index (χ3v) is 3.36. The molecule has 1 aromatic heterocycles. The van der Waals surface area contributed by atoms with Gasteiger partial charge in [0.2, 0.25) is 0 Å². The second-order valence-corrected chi connectivity index (χ2v) is 5.59. The second kappa shape index (κ2) is 3.92. The van der Waals surface area contributed by atoms with Gasteiger partial charge >= 0.3 is 0 Å². The third kappa shape index (κ3) is 2.10. The number of benzene rings is 1. The van der Waals surface area contributed by atoms with Crippen LogP contribution in [-0.2, 0) is 9.05 Å². The topological polar surface area (TPSA) is 47.3 Å². The Morgan fingerprint density at radius 3 is 2.50 bits per heavy atom. The van der Waals surface area contributed by atoms with E-state index in [2.05, 4.69) is 0 Å². The zero-order valence-electron chi connectivity index (χ0n) is 7.85. The van der Waals surface area contributed by atoms with E-state index in [-0.39, 0.29) is 0 Å². The summed E-state index contributed by atoms with van der Waals surface area (Å²) in [5, 5.41) is 0. The summed E-state index contributed by atoms with van der Waals surface area (Å²) in [6.07, 6.45) is 1.44. The van der Waals surface area contributed by atoms with Gasteiger partial charge in [-0.15, -0.1) is 0 Å². The number of hydrogen-bond donors (Lipinski definition) is 0. The molecule has 0 spiro atoms. The Morgan fingerprint density at radius 2 is 2.00 bits per heavy atom. The Bertz CT molecular complexity index is 605. The number of hydrogen-bond acceptors (Lipinski definition) is 3. The number of furan rings is 1. The Balaban J connectivity index is 2.53. The molecule has 0 saturated heterocycles. The predicted molar refractivity (Wildman–Crippen MR) is 57.1 cm³/mol. The molecular formula is C10H6ClFO3S. The molecule has 0 saturated carbocycles. The standard InChI is InChI=1S/C10H6ClFO3S/c11-16(13,14)10-4-3-7(6-8(10)12)9-2-1-5-15-9/h1-6H. The summed E-state index contributed by atoms with van der Waals surface area (Å²) in [6.45, 7) is 0. The molecule has 0 radical (unpaired) electrons. The second-order valence-electron chi connectivity index (χ2n) is 3.06. The van der Waals surface area contributed by atoms with Gasteiger partial charge in [0.25, 0.3) is 9.05 Å². The lowest BCUT2D eigenvalue weighted by Crippen LogP contribution is -1.95. The van der Waals surface area contributed by atoms with Gasteiger partial charge in [-0.05, 0) is 30.3 Å². The van der Waals surface area contributed by atoms with E-state index in [4.69, 9.17) is 15.1 Å². The minimum atomic E-state index is -4.05. The first-order valence-corrected chi connectivity index (χ1v) is 6.57. The van der Waals surface area contributed by atoms with E-state index in [1.807, 2.05) is 0 Å². The molecule has 1 heterocycles. The fraction of sp³-hybridized carbons (Fsp3) is 0. The summed E-state index contributed by atoms with van der Waals surface area (Å²) >= 11 is 0. The van der Waals surface area contributed by atoms with Crippen LogP contribution in [0.3, 0.4) is 0 Å². The van der Waals surface area contributed by atoms with Crippen LogP contribution in [0.2, 0.25) is 0 Å². The van der Waals surface area contributed by atoms with Gasteiger partial charge in [-0.3, -0.25) is 0 Å². The van der Waals surface area contributed by atoms with Crippen molar-refractivity contribution in [3.63, 3.8) is 0 Å². The normalized spacial score (nSPS) is 11.6. The summed E-state index contributed by atoms with van der Waals surface area (Å²) in [5.74, 6) is -0.443. The quantitative estimate of drug-likeness (QED) is 0.780. The van der Waals surface area contributed by atoms with Crippen molar-refractivity contribution in [2.45, 2.75) is 4.90 Å². The van der Waals surface area contributed by atoms with Crippen molar-refractivity contribution in [1.29, 1.82) is 0 Å². The van der Waals surface area contributed by atoms with E-state index in [1.54, 1.807) is 12.1 Å². The van der Waals surface area contributed by atoms with Gasteiger partial charge in [0, 0.05) is 16.2 Å². The van der Waals surface area contributed by atoms with Crippen LogP contribution in [-0.4, -0.2) is 8.42 Å². The Labute approximate surface area is 95.9 Å². The lowest BCUT2D eigenvalue weighted by molar-refractivity contribution is 0.569. The van der Waals surface area contributed by atoms with Gasteiger partial charge < -0.3 is 4.42 Å². The molecule has 0 aliphatic heterocycles. The van der Waals surface area contributed by atoms with Crippen LogP contribution in [0.4, 0.5) is 4.39 Å². The van der Waals surface area contributed by atoms with Crippen LogP contribution in [0, 0.1) is 5.82 Å². The SMILES string of the molecule is O=S(=O)(Cl)c1ccc(-c2ccco2)cc1F. The minimum Gasteiger partial charge on any atom is -0.464 e. The highest BCUT2D eigenvalue weighted by molar-refractivity contribution is 8.13. The van der Waals surface area contributed by atoms with Crippen molar-refractivity contribution in [3.05, 3.63) is 42.4 Å². The van der Waals surface area contributed by atoms with E-state index in [9.17, 15) is 12.8 Å². The molecule has 0 N–H and O–H groups in total. The van der Waals surface area contributed by atoms with Crippen LogP contribution >= 0.6 is 10.7 Å². The zero-order chi connectivity index (χ0) is 11.8. The van der Waals surface area contributed by atoms with Crippen molar-refractivity contribution in [2.24, 2.45) is 0 Å². The maximum Gasteiger partial charge on any atom is 0.264 e. The van der Waals surface area contributed by atoms with Crippen LogP contribution in [0.1, 0.15) is 0 Å². The van der Waals surface area contributed by atoms with E-state index in [0.717, 1.165) is 12.1 Å². The first kappa shape index (κ1) is 11.2. The molecule has 0 amide bonds. The maximum absolute atomic E-state index is 13.4. The van der Waals surface area contributed by atoms with Gasteiger partial charge in [-0.2, -0.15) is 0 Å². The molecular weight excluding hydrogens is 255 g/mol. The Morgan fingerprint density at radius 1 is 1.25 bits per heavy atom. The predicted octanol–water partition coefficient (Wildman–Crippen LogP) is 3.01. The van der Waals surface area contributed by atoms with Crippen molar-refractivity contribution in [1.82, 2.24) is 0 Å². The zero-order valence-corrected chi connectivity index (χ0v) is 9.43. The summed E-state index contributed by atoms with van der Waals surface area (Å²) in [5.41, 5.74) is 0.451. The van der Waals surface area contributed by atoms with Crippen LogP contribution in [0.15, 0.2) is 45.9 Å². The molecule has 0 aliphatic rings. The highest BCUT2D eigenvalue weighted by Crippen LogP contribution is 2.25. The Hall–Kier alpha value is -1.33. The molecule has 2 rings (SSSR count). The molecule has 0 unspecified atom stereocenters. The van der Waals surface area contributed by atoms with Gasteiger partial charge in [0.15, 0.2) is 0 Å². The third-order valence-electron chi connectivity index (χ3n) is 2.00. The summed E-state index contributed by atoms with van der Waals surface area (Å²) in [4.78, 5) is -0.538. The van der Waals surface area contributed by atoms with E-state index in [0.29, 0.717) is 11.3 Å². The van der Waals surface area contributed by atoms with Gasteiger partial charge in [-0.25, -0.2) is 12.8 Å². The van der Waals surface area contributed by atoms with Crippen LogP contribution in [0.5, 0.6) is 0 Å². The molecule has 0 atom stereocenters. The van der Waals surface area contributed by atoms with Gasteiger partial charge in [0.1, 0.15) is 16.5 Å².